The second-order valence-electron chi connectivity index (χ2n) is 5.76. The third-order valence-corrected chi connectivity index (χ3v) is 4.00. The zero-order chi connectivity index (χ0) is 17.1. The lowest BCUT2D eigenvalue weighted by Crippen LogP contribution is -2.49. The molecule has 0 bridgehead atoms. The standard InChI is InChI=1S/C17H17N3O4/c21-15-8-7-13(19-15)16(22)20-14(17(23)24)9-11-6-5-10-3-1-2-4-12(10)18-11/h1-6,13-14H,7-9H2,(H,19,21)(H,20,22)(H,23,24)/t13-,14+/m1/s1. The Kier molecular flexibility index (Phi) is 4.41. The van der Waals surface area contributed by atoms with Gasteiger partial charge in [0.05, 0.1) is 5.52 Å². The maximum absolute atomic E-state index is 12.1. The lowest BCUT2D eigenvalue weighted by atomic mass is 10.1. The number of pyridine rings is 1. The molecule has 0 unspecified atom stereocenters. The van der Waals surface area contributed by atoms with Gasteiger partial charge in [0, 0.05) is 23.9 Å². The summed E-state index contributed by atoms with van der Waals surface area (Å²) in [5, 5.41) is 15.3. The molecule has 1 fully saturated rings. The number of nitrogens with one attached hydrogen (secondary N) is 2. The van der Waals surface area contributed by atoms with E-state index in [1.165, 1.54) is 0 Å². The van der Waals surface area contributed by atoms with Crippen molar-refractivity contribution in [3.63, 3.8) is 0 Å². The predicted molar refractivity (Wildman–Crippen MR) is 86.2 cm³/mol. The highest BCUT2D eigenvalue weighted by atomic mass is 16.4. The number of carboxylic acid groups (broad SMARTS) is 1. The van der Waals surface area contributed by atoms with Crippen LogP contribution in [0.5, 0.6) is 0 Å². The van der Waals surface area contributed by atoms with Crippen LogP contribution in [0.25, 0.3) is 10.9 Å². The van der Waals surface area contributed by atoms with Crippen LogP contribution < -0.4 is 10.6 Å². The summed E-state index contributed by atoms with van der Waals surface area (Å²) in [4.78, 5) is 39.2. The molecular weight excluding hydrogens is 310 g/mol. The number of aliphatic carboxylic acids is 1. The van der Waals surface area contributed by atoms with Gasteiger partial charge in [-0.2, -0.15) is 0 Å². The van der Waals surface area contributed by atoms with E-state index in [0.29, 0.717) is 12.1 Å². The molecule has 0 spiro atoms. The normalized spacial score (nSPS) is 18.2. The lowest BCUT2D eigenvalue weighted by molar-refractivity contribution is -0.142. The first-order chi connectivity index (χ1) is 11.5. The van der Waals surface area contributed by atoms with Gasteiger partial charge in [-0.15, -0.1) is 0 Å². The average molecular weight is 327 g/mol. The van der Waals surface area contributed by atoms with E-state index >= 15 is 0 Å². The number of carboxylic acids is 1. The number of para-hydroxylation sites is 1. The SMILES string of the molecule is O=C1CC[C@H](C(=O)N[C@@H](Cc2ccc3ccccc3n2)C(=O)O)N1. The second kappa shape index (κ2) is 6.66. The lowest BCUT2D eigenvalue weighted by Gasteiger charge is -2.17. The monoisotopic (exact) mass is 327 g/mol. The summed E-state index contributed by atoms with van der Waals surface area (Å²) < 4.78 is 0. The highest BCUT2D eigenvalue weighted by molar-refractivity contribution is 5.92. The van der Waals surface area contributed by atoms with E-state index in [1.54, 1.807) is 6.07 Å². The molecule has 2 atom stereocenters. The number of fused-ring (bicyclic) bond motifs is 1. The van der Waals surface area contributed by atoms with Crippen molar-refractivity contribution in [3.8, 4) is 0 Å². The minimum absolute atomic E-state index is 0.0760. The van der Waals surface area contributed by atoms with E-state index in [1.807, 2.05) is 30.3 Å². The van der Waals surface area contributed by atoms with E-state index in [-0.39, 0.29) is 18.7 Å². The van der Waals surface area contributed by atoms with Crippen LogP contribution in [0.1, 0.15) is 18.5 Å². The summed E-state index contributed by atoms with van der Waals surface area (Å²) in [7, 11) is 0. The molecule has 3 rings (SSSR count). The van der Waals surface area contributed by atoms with Crippen LogP contribution in [-0.2, 0) is 20.8 Å². The molecule has 0 radical (unpaired) electrons. The first-order valence-electron chi connectivity index (χ1n) is 7.70. The molecule has 0 aliphatic carbocycles. The Labute approximate surface area is 138 Å². The van der Waals surface area contributed by atoms with Gasteiger partial charge in [0.15, 0.2) is 0 Å². The van der Waals surface area contributed by atoms with Gasteiger partial charge in [-0.3, -0.25) is 14.6 Å². The summed E-state index contributed by atoms with van der Waals surface area (Å²) in [6.07, 6.45) is 0.736. The van der Waals surface area contributed by atoms with Gasteiger partial charge in [-0.25, -0.2) is 4.79 Å². The Morgan fingerprint density at radius 3 is 2.79 bits per heavy atom. The molecule has 1 aromatic carbocycles. The fraction of sp³-hybridized carbons (Fsp3) is 0.294. The third-order valence-electron chi connectivity index (χ3n) is 4.00. The van der Waals surface area contributed by atoms with Gasteiger partial charge in [0.25, 0.3) is 0 Å². The summed E-state index contributed by atoms with van der Waals surface area (Å²) in [5.74, 6) is -1.81. The quantitative estimate of drug-likeness (QED) is 0.746. The van der Waals surface area contributed by atoms with Gasteiger partial charge in [-0.1, -0.05) is 24.3 Å². The Hall–Kier alpha value is -2.96. The van der Waals surface area contributed by atoms with E-state index in [2.05, 4.69) is 15.6 Å². The summed E-state index contributed by atoms with van der Waals surface area (Å²) >= 11 is 0. The number of hydrogen-bond acceptors (Lipinski definition) is 4. The minimum Gasteiger partial charge on any atom is -0.480 e. The topological polar surface area (TPSA) is 108 Å². The first kappa shape index (κ1) is 15.9. The Balaban J connectivity index is 1.72. The molecule has 2 heterocycles. The summed E-state index contributed by atoms with van der Waals surface area (Å²) in [5.41, 5.74) is 1.35. The molecule has 0 saturated carbocycles. The molecule has 1 saturated heterocycles. The maximum atomic E-state index is 12.1. The smallest absolute Gasteiger partial charge is 0.326 e. The number of nitrogens with zero attached hydrogens (tertiary/aromatic N) is 1. The summed E-state index contributed by atoms with van der Waals surface area (Å²) in [6, 6.07) is 9.40. The van der Waals surface area contributed by atoms with E-state index < -0.39 is 24.0 Å². The molecule has 1 aromatic heterocycles. The van der Waals surface area contributed by atoms with Gasteiger partial charge < -0.3 is 15.7 Å². The minimum atomic E-state index is -1.14. The second-order valence-corrected chi connectivity index (χ2v) is 5.76. The Morgan fingerprint density at radius 2 is 2.08 bits per heavy atom. The number of amides is 2. The van der Waals surface area contributed by atoms with Crippen LogP contribution in [0, 0.1) is 0 Å². The number of carbonyl (C=O) groups excluding carboxylic acids is 2. The van der Waals surface area contributed by atoms with Crippen molar-refractivity contribution >= 4 is 28.7 Å². The van der Waals surface area contributed by atoms with Crippen LogP contribution >= 0.6 is 0 Å². The van der Waals surface area contributed by atoms with Crippen molar-refractivity contribution in [2.75, 3.05) is 0 Å². The van der Waals surface area contributed by atoms with E-state index in [0.717, 1.165) is 10.9 Å². The van der Waals surface area contributed by atoms with Crippen LogP contribution in [0.4, 0.5) is 0 Å². The molecule has 1 aliphatic heterocycles. The van der Waals surface area contributed by atoms with Crippen molar-refractivity contribution in [2.45, 2.75) is 31.3 Å². The third kappa shape index (κ3) is 3.51. The van der Waals surface area contributed by atoms with Crippen molar-refractivity contribution in [1.82, 2.24) is 15.6 Å². The van der Waals surface area contributed by atoms with Gasteiger partial charge >= 0.3 is 5.97 Å². The fourth-order valence-electron chi connectivity index (χ4n) is 2.71. The van der Waals surface area contributed by atoms with Crippen LogP contribution in [-0.4, -0.2) is 40.0 Å². The number of rotatable bonds is 5. The van der Waals surface area contributed by atoms with Crippen molar-refractivity contribution in [2.24, 2.45) is 0 Å². The number of benzene rings is 1. The van der Waals surface area contributed by atoms with E-state index in [9.17, 15) is 19.5 Å². The molecule has 124 valence electrons. The number of aromatic nitrogens is 1. The molecule has 3 N–H and O–H groups in total. The van der Waals surface area contributed by atoms with Crippen LogP contribution in [0.3, 0.4) is 0 Å². The average Bonchev–Trinajstić information content (AvgIpc) is 3.00. The molecule has 2 aromatic rings. The van der Waals surface area contributed by atoms with Crippen LogP contribution in [0.2, 0.25) is 0 Å². The largest absolute Gasteiger partial charge is 0.480 e. The molecule has 7 heteroatoms. The number of carbonyl (C=O) groups is 3. The highest BCUT2D eigenvalue weighted by Gasteiger charge is 2.30. The Morgan fingerprint density at radius 1 is 1.29 bits per heavy atom. The van der Waals surface area contributed by atoms with Gasteiger partial charge in [-0.05, 0) is 18.6 Å². The fourth-order valence-corrected chi connectivity index (χ4v) is 2.71. The van der Waals surface area contributed by atoms with Crippen LogP contribution in [0.15, 0.2) is 36.4 Å². The van der Waals surface area contributed by atoms with Crippen molar-refractivity contribution in [3.05, 3.63) is 42.1 Å². The van der Waals surface area contributed by atoms with Crippen molar-refractivity contribution in [1.29, 1.82) is 0 Å². The first-order valence-corrected chi connectivity index (χ1v) is 7.70. The zero-order valence-electron chi connectivity index (χ0n) is 12.9. The zero-order valence-corrected chi connectivity index (χ0v) is 12.9. The predicted octanol–water partition coefficient (Wildman–Crippen LogP) is 0.625. The highest BCUT2D eigenvalue weighted by Crippen LogP contribution is 2.13. The number of hydrogen-bond donors (Lipinski definition) is 3. The molecule has 2 amide bonds. The van der Waals surface area contributed by atoms with E-state index in [4.69, 9.17) is 0 Å². The molecule has 24 heavy (non-hydrogen) atoms. The molecule has 1 aliphatic rings. The van der Waals surface area contributed by atoms with Gasteiger partial charge in [0.2, 0.25) is 11.8 Å². The summed E-state index contributed by atoms with van der Waals surface area (Å²) in [6.45, 7) is 0. The Bertz CT molecular complexity index is 805. The van der Waals surface area contributed by atoms with Gasteiger partial charge in [0.1, 0.15) is 12.1 Å². The molecule has 7 nitrogen and oxygen atoms in total. The van der Waals surface area contributed by atoms with Crippen molar-refractivity contribution < 1.29 is 19.5 Å². The molecular formula is C17H17N3O4. The maximum Gasteiger partial charge on any atom is 0.326 e.